The summed E-state index contributed by atoms with van der Waals surface area (Å²) in [5.74, 6) is -0.0976. The second-order valence-corrected chi connectivity index (χ2v) is 4.03. The van der Waals surface area contributed by atoms with Crippen LogP contribution in [0, 0.1) is 0 Å². The van der Waals surface area contributed by atoms with Crippen molar-refractivity contribution < 1.29 is 4.79 Å². The molecule has 4 nitrogen and oxygen atoms in total. The lowest BCUT2D eigenvalue weighted by atomic mass is 10.2. The summed E-state index contributed by atoms with van der Waals surface area (Å²) in [5.41, 5.74) is 5.67. The van der Waals surface area contributed by atoms with E-state index in [1.165, 1.54) is 0 Å². The van der Waals surface area contributed by atoms with Gasteiger partial charge in [-0.3, -0.25) is 4.79 Å². The normalized spacial score (nSPS) is 14.6. The number of amides is 1. The fraction of sp³-hybridized carbons (Fsp3) is 0.750. The molecule has 0 aliphatic rings. The molecule has 0 fully saturated rings. The van der Waals surface area contributed by atoms with Gasteiger partial charge in [-0.25, -0.2) is 0 Å². The van der Waals surface area contributed by atoms with Gasteiger partial charge in [-0.05, 0) is 26.4 Å². The van der Waals surface area contributed by atoms with Crippen molar-refractivity contribution in [3.05, 3.63) is 12.7 Å². The van der Waals surface area contributed by atoms with Crippen molar-refractivity contribution in [3.8, 4) is 0 Å². The largest absolute Gasteiger partial charge is 0.351 e. The molecule has 0 rings (SSSR count). The van der Waals surface area contributed by atoms with E-state index in [4.69, 9.17) is 5.73 Å². The Morgan fingerprint density at radius 3 is 2.50 bits per heavy atom. The first-order chi connectivity index (χ1) is 7.54. The Kier molecular flexibility index (Phi) is 7.85. The van der Waals surface area contributed by atoms with Crippen LogP contribution in [0.25, 0.3) is 0 Å². The van der Waals surface area contributed by atoms with Gasteiger partial charge in [0.05, 0.1) is 6.04 Å². The molecule has 0 aliphatic heterocycles. The van der Waals surface area contributed by atoms with Crippen molar-refractivity contribution in [3.63, 3.8) is 0 Å². The molecule has 0 bridgehead atoms. The van der Waals surface area contributed by atoms with Gasteiger partial charge < -0.3 is 16.0 Å². The van der Waals surface area contributed by atoms with Gasteiger partial charge in [0.1, 0.15) is 0 Å². The fourth-order valence-electron chi connectivity index (χ4n) is 1.55. The molecular formula is C12H25N3O. The van der Waals surface area contributed by atoms with Crippen molar-refractivity contribution in [1.82, 2.24) is 10.2 Å². The van der Waals surface area contributed by atoms with Gasteiger partial charge >= 0.3 is 0 Å². The Morgan fingerprint density at radius 2 is 2.06 bits per heavy atom. The van der Waals surface area contributed by atoms with E-state index >= 15 is 0 Å². The molecule has 3 N–H and O–H groups in total. The summed E-state index contributed by atoms with van der Waals surface area (Å²) in [6.45, 7) is 12.6. The maximum Gasteiger partial charge on any atom is 0.237 e. The highest BCUT2D eigenvalue weighted by Gasteiger charge is 2.15. The standard InChI is InChI=1S/C12H25N3O/c1-5-8-11(13)12(16)14-10(4)9-15(6-2)7-3/h5,10-11H,1,6-9,13H2,2-4H3,(H,14,16). The van der Waals surface area contributed by atoms with E-state index in [1.54, 1.807) is 6.08 Å². The van der Waals surface area contributed by atoms with E-state index in [0.29, 0.717) is 6.42 Å². The average molecular weight is 227 g/mol. The minimum absolute atomic E-state index is 0.0976. The van der Waals surface area contributed by atoms with Crippen molar-refractivity contribution >= 4 is 5.91 Å². The summed E-state index contributed by atoms with van der Waals surface area (Å²) in [5, 5.41) is 2.91. The highest BCUT2D eigenvalue weighted by Crippen LogP contribution is 1.94. The molecule has 0 radical (unpaired) electrons. The predicted octanol–water partition coefficient (Wildman–Crippen LogP) is 0.736. The summed E-state index contributed by atoms with van der Waals surface area (Å²) in [7, 11) is 0. The lowest BCUT2D eigenvalue weighted by molar-refractivity contribution is -0.123. The van der Waals surface area contributed by atoms with Gasteiger partial charge in [0.2, 0.25) is 5.91 Å². The van der Waals surface area contributed by atoms with Crippen LogP contribution < -0.4 is 11.1 Å². The van der Waals surface area contributed by atoms with Crippen LogP contribution in [0.2, 0.25) is 0 Å². The summed E-state index contributed by atoms with van der Waals surface area (Å²) >= 11 is 0. The lowest BCUT2D eigenvalue weighted by Crippen LogP contribution is -2.48. The maximum atomic E-state index is 11.6. The third-order valence-corrected chi connectivity index (χ3v) is 2.57. The molecule has 0 aromatic rings. The number of hydrogen-bond acceptors (Lipinski definition) is 3. The van der Waals surface area contributed by atoms with E-state index in [9.17, 15) is 4.79 Å². The number of likely N-dealkylation sites (N-methyl/N-ethyl adjacent to an activating group) is 1. The van der Waals surface area contributed by atoms with Crippen LogP contribution in [0.1, 0.15) is 27.2 Å². The smallest absolute Gasteiger partial charge is 0.237 e. The molecule has 0 heterocycles. The molecule has 4 heteroatoms. The van der Waals surface area contributed by atoms with Gasteiger partial charge in [-0.1, -0.05) is 19.9 Å². The summed E-state index contributed by atoms with van der Waals surface area (Å²) in [6, 6.07) is -0.347. The van der Waals surface area contributed by atoms with Crippen LogP contribution in [0.3, 0.4) is 0 Å². The van der Waals surface area contributed by atoms with Crippen LogP contribution in [0.4, 0.5) is 0 Å². The molecule has 2 atom stereocenters. The SMILES string of the molecule is C=CCC(N)C(=O)NC(C)CN(CC)CC. The van der Waals surface area contributed by atoms with Crippen molar-refractivity contribution in [1.29, 1.82) is 0 Å². The van der Waals surface area contributed by atoms with Crippen molar-refractivity contribution in [2.45, 2.75) is 39.3 Å². The number of hydrogen-bond donors (Lipinski definition) is 2. The maximum absolute atomic E-state index is 11.6. The molecule has 1 amide bonds. The second-order valence-electron chi connectivity index (χ2n) is 4.03. The average Bonchev–Trinajstić information content (AvgIpc) is 2.26. The van der Waals surface area contributed by atoms with Crippen molar-refractivity contribution in [2.75, 3.05) is 19.6 Å². The van der Waals surface area contributed by atoms with Gasteiger partial charge in [-0.15, -0.1) is 6.58 Å². The quantitative estimate of drug-likeness (QED) is 0.601. The molecular weight excluding hydrogens is 202 g/mol. The number of nitrogens with one attached hydrogen (secondary N) is 1. The topological polar surface area (TPSA) is 58.4 Å². The Morgan fingerprint density at radius 1 is 1.50 bits per heavy atom. The van der Waals surface area contributed by atoms with Crippen molar-refractivity contribution in [2.24, 2.45) is 5.73 Å². The first-order valence-corrected chi connectivity index (χ1v) is 5.94. The lowest BCUT2D eigenvalue weighted by Gasteiger charge is -2.24. The van der Waals surface area contributed by atoms with Crippen LogP contribution in [0.5, 0.6) is 0 Å². The molecule has 0 saturated carbocycles. The molecule has 0 aliphatic carbocycles. The van der Waals surface area contributed by atoms with Crippen LogP contribution in [-0.4, -0.2) is 42.5 Å². The van der Waals surface area contributed by atoms with Gasteiger partial charge in [0, 0.05) is 12.6 Å². The molecule has 2 unspecified atom stereocenters. The summed E-state index contributed by atoms with van der Waals surface area (Å²) in [6.07, 6.45) is 2.18. The zero-order valence-electron chi connectivity index (χ0n) is 10.7. The number of carbonyl (C=O) groups is 1. The molecule has 0 aromatic carbocycles. The molecule has 94 valence electrons. The van der Waals surface area contributed by atoms with Crippen LogP contribution >= 0.6 is 0 Å². The Hall–Kier alpha value is -0.870. The van der Waals surface area contributed by atoms with Gasteiger partial charge in [-0.2, -0.15) is 0 Å². The van der Waals surface area contributed by atoms with E-state index in [-0.39, 0.29) is 11.9 Å². The fourth-order valence-corrected chi connectivity index (χ4v) is 1.55. The Bertz CT molecular complexity index is 214. The molecule has 16 heavy (non-hydrogen) atoms. The van der Waals surface area contributed by atoms with E-state index in [0.717, 1.165) is 19.6 Å². The van der Waals surface area contributed by atoms with Gasteiger partial charge in [0.15, 0.2) is 0 Å². The third kappa shape index (κ3) is 5.88. The van der Waals surface area contributed by atoms with Crippen LogP contribution in [0.15, 0.2) is 12.7 Å². The summed E-state index contributed by atoms with van der Waals surface area (Å²) < 4.78 is 0. The van der Waals surface area contributed by atoms with E-state index in [2.05, 4.69) is 30.6 Å². The number of carbonyl (C=O) groups excluding carboxylic acids is 1. The Labute approximate surface area is 98.9 Å². The highest BCUT2D eigenvalue weighted by molar-refractivity contribution is 5.81. The second kappa shape index (κ2) is 8.30. The monoisotopic (exact) mass is 227 g/mol. The number of nitrogens with zero attached hydrogens (tertiary/aromatic N) is 1. The molecule has 0 saturated heterocycles. The third-order valence-electron chi connectivity index (χ3n) is 2.57. The predicted molar refractivity (Wildman–Crippen MR) is 68.2 cm³/mol. The summed E-state index contributed by atoms with van der Waals surface area (Å²) in [4.78, 5) is 13.9. The first kappa shape index (κ1) is 15.1. The zero-order valence-corrected chi connectivity index (χ0v) is 10.7. The highest BCUT2D eigenvalue weighted by atomic mass is 16.2. The zero-order chi connectivity index (χ0) is 12.6. The minimum Gasteiger partial charge on any atom is -0.351 e. The molecule has 0 spiro atoms. The first-order valence-electron chi connectivity index (χ1n) is 5.94. The molecule has 0 aromatic heterocycles. The van der Waals surface area contributed by atoms with E-state index in [1.807, 2.05) is 6.92 Å². The number of nitrogens with two attached hydrogens (primary N) is 1. The Balaban J connectivity index is 3.98. The van der Waals surface area contributed by atoms with Crippen LogP contribution in [-0.2, 0) is 4.79 Å². The number of rotatable bonds is 8. The van der Waals surface area contributed by atoms with E-state index < -0.39 is 6.04 Å². The minimum atomic E-state index is -0.475. The van der Waals surface area contributed by atoms with Gasteiger partial charge in [0.25, 0.3) is 0 Å².